The Hall–Kier alpha value is -3.62. The average Bonchev–Trinajstić information content (AvgIpc) is 3.74. The van der Waals surface area contributed by atoms with Gasteiger partial charge in [-0.05, 0) is 67.6 Å². The monoisotopic (exact) mass is 718 g/mol. The number of carboxylic acids is 1. The van der Waals surface area contributed by atoms with E-state index in [1.54, 1.807) is 29.8 Å². The smallest absolute Gasteiger partial charge is 0.416 e. The summed E-state index contributed by atoms with van der Waals surface area (Å²) < 4.78 is 17.8. The van der Waals surface area contributed by atoms with Gasteiger partial charge in [0.05, 0.1) is 31.6 Å². The number of piperidine rings is 3. The van der Waals surface area contributed by atoms with Crippen LogP contribution in [0.5, 0.6) is 11.5 Å². The standard InChI is InChI=1S/C32H32Cl2N4O7S2/c1-43-26-4-3-19(11-27(26)44-2)21(13-23-24(33)15-37(42)16-25(23)34)22-12-20(47-29(22)30(39)40)14-38(31-35-7-10-46-31)32(41)45-28-17-36-8-5-18(28)6-9-36/h3-4,7,10-12,15-16,18,21,28H,5-6,8-9,13-14,17H2,1-2H3,(H-,39,40,42)/t21-,28-/m0/s1. The van der Waals surface area contributed by atoms with Crippen LogP contribution in [0.1, 0.15) is 50.0 Å². The van der Waals surface area contributed by atoms with Crippen molar-refractivity contribution in [2.45, 2.75) is 37.8 Å². The van der Waals surface area contributed by atoms with Crippen molar-refractivity contribution in [1.29, 1.82) is 0 Å². The van der Waals surface area contributed by atoms with Gasteiger partial charge in [0.25, 0.3) is 0 Å². The molecule has 248 valence electrons. The van der Waals surface area contributed by atoms with Crippen LogP contribution in [0.4, 0.5) is 9.93 Å². The van der Waals surface area contributed by atoms with Crippen LogP contribution in [0.25, 0.3) is 0 Å². The van der Waals surface area contributed by atoms with E-state index >= 15 is 0 Å². The molecule has 3 aromatic heterocycles. The fraction of sp³-hybridized carbons (Fsp3) is 0.375. The third-order valence-electron chi connectivity index (χ3n) is 8.69. The lowest BCUT2D eigenvalue weighted by molar-refractivity contribution is -0.904. The second-order valence-corrected chi connectivity index (χ2v) is 14.3. The molecule has 3 saturated heterocycles. The first-order valence-corrected chi connectivity index (χ1v) is 17.3. The number of anilines is 1. The highest BCUT2D eigenvalue weighted by Gasteiger charge is 2.38. The highest BCUT2D eigenvalue weighted by Crippen LogP contribution is 2.41. The van der Waals surface area contributed by atoms with Gasteiger partial charge in [0.15, 0.2) is 16.6 Å². The van der Waals surface area contributed by atoms with Gasteiger partial charge in [-0.2, -0.15) is 0 Å². The molecule has 4 aromatic rings. The van der Waals surface area contributed by atoms with E-state index in [9.17, 15) is 19.9 Å². The molecule has 47 heavy (non-hydrogen) atoms. The normalized spacial score (nSPS) is 19.3. The maximum absolute atomic E-state index is 13.7. The molecule has 6 heterocycles. The number of nitrogens with zero attached hydrogens (tertiary/aromatic N) is 4. The Morgan fingerprint density at radius 1 is 1.15 bits per heavy atom. The van der Waals surface area contributed by atoms with Gasteiger partial charge < -0.3 is 24.1 Å². The van der Waals surface area contributed by atoms with E-state index in [0.29, 0.717) is 50.7 Å². The first-order valence-electron chi connectivity index (χ1n) is 14.9. The van der Waals surface area contributed by atoms with Crippen molar-refractivity contribution in [3.63, 3.8) is 0 Å². The molecule has 1 N–H and O–H groups in total. The molecule has 7 rings (SSSR count). The molecule has 0 spiro atoms. The second kappa shape index (κ2) is 14.2. The predicted molar refractivity (Wildman–Crippen MR) is 175 cm³/mol. The number of pyridine rings is 1. The van der Waals surface area contributed by atoms with Crippen molar-refractivity contribution in [2.24, 2.45) is 5.92 Å². The zero-order valence-electron chi connectivity index (χ0n) is 25.6. The van der Waals surface area contributed by atoms with Crippen molar-refractivity contribution in [3.05, 3.63) is 84.7 Å². The van der Waals surface area contributed by atoms with Gasteiger partial charge in [-0.1, -0.05) is 29.3 Å². The molecule has 2 atom stereocenters. The summed E-state index contributed by atoms with van der Waals surface area (Å²) in [4.78, 5) is 35.1. The fourth-order valence-corrected chi connectivity index (χ4v) is 8.60. The number of amides is 1. The number of methoxy groups -OCH3 is 2. The number of thiophene rings is 1. The molecule has 0 aliphatic carbocycles. The van der Waals surface area contributed by atoms with Gasteiger partial charge in [-0.25, -0.2) is 14.7 Å². The SMILES string of the molecule is COc1ccc([C@H](Cc2c(Cl)c[n+](O)cc2Cl)c2cc(CN(C(=O)O[C@H]3CN4CCC3CC4)c3nccs3)sc2C(=O)[O-])cc1OC. The molecule has 1 aromatic carbocycles. The summed E-state index contributed by atoms with van der Waals surface area (Å²) in [6.07, 6.45) is 5.63. The van der Waals surface area contributed by atoms with Crippen LogP contribution in [0, 0.1) is 5.92 Å². The zero-order chi connectivity index (χ0) is 33.2. The number of hydrogen-bond donors (Lipinski definition) is 1. The summed E-state index contributed by atoms with van der Waals surface area (Å²) in [5.74, 6) is -0.706. The van der Waals surface area contributed by atoms with Crippen LogP contribution < -0.4 is 24.2 Å². The highest BCUT2D eigenvalue weighted by atomic mass is 35.5. The number of aromatic carboxylic acids is 1. The molecule has 15 heteroatoms. The Balaban J connectivity index is 1.38. The van der Waals surface area contributed by atoms with E-state index in [-0.39, 0.29) is 34.0 Å². The first kappa shape index (κ1) is 33.3. The molecule has 2 bridgehead atoms. The summed E-state index contributed by atoms with van der Waals surface area (Å²) in [6.45, 7) is 2.77. The third kappa shape index (κ3) is 7.14. The first-order chi connectivity index (χ1) is 22.6. The van der Waals surface area contributed by atoms with Crippen molar-refractivity contribution < 1.29 is 38.8 Å². The number of ether oxygens (including phenoxy) is 3. The summed E-state index contributed by atoms with van der Waals surface area (Å²) in [6, 6.07) is 7.07. The molecule has 3 fully saturated rings. The Morgan fingerprint density at radius 2 is 1.87 bits per heavy atom. The van der Waals surface area contributed by atoms with Gasteiger partial charge in [0.1, 0.15) is 16.1 Å². The number of rotatable bonds is 11. The molecule has 0 saturated carbocycles. The summed E-state index contributed by atoms with van der Waals surface area (Å²) in [7, 11) is 3.04. The highest BCUT2D eigenvalue weighted by molar-refractivity contribution is 7.14. The molecular weight excluding hydrogens is 687 g/mol. The van der Waals surface area contributed by atoms with Gasteiger partial charge in [-0.3, -0.25) is 10.1 Å². The summed E-state index contributed by atoms with van der Waals surface area (Å²) in [5, 5.41) is 25.2. The Bertz CT molecular complexity index is 1740. The third-order valence-corrected chi connectivity index (χ3v) is 11.3. The van der Waals surface area contributed by atoms with Crippen molar-refractivity contribution in [2.75, 3.05) is 38.8 Å². The van der Waals surface area contributed by atoms with E-state index in [2.05, 4.69) is 9.88 Å². The van der Waals surface area contributed by atoms with E-state index in [1.807, 2.05) is 6.07 Å². The topological polar surface area (TPSA) is 128 Å². The largest absolute Gasteiger partial charge is 0.544 e. The van der Waals surface area contributed by atoms with Gasteiger partial charge >= 0.3 is 6.09 Å². The van der Waals surface area contributed by atoms with E-state index in [1.165, 1.54) is 42.8 Å². The van der Waals surface area contributed by atoms with Gasteiger partial charge in [0.2, 0.25) is 12.4 Å². The lowest BCUT2D eigenvalue weighted by Crippen LogP contribution is -2.53. The van der Waals surface area contributed by atoms with E-state index < -0.39 is 18.0 Å². The van der Waals surface area contributed by atoms with Crippen molar-refractivity contribution in [1.82, 2.24) is 9.88 Å². The van der Waals surface area contributed by atoms with Crippen LogP contribution in [-0.2, 0) is 17.7 Å². The van der Waals surface area contributed by atoms with Crippen LogP contribution in [0.3, 0.4) is 0 Å². The molecule has 1 amide bonds. The summed E-state index contributed by atoms with van der Waals surface area (Å²) in [5.41, 5.74) is 1.64. The minimum Gasteiger partial charge on any atom is -0.544 e. The van der Waals surface area contributed by atoms with Gasteiger partial charge in [0, 0.05) is 39.2 Å². The average molecular weight is 720 g/mol. The predicted octanol–water partition coefficient (Wildman–Crippen LogP) is 5.03. The number of hydrogen-bond acceptors (Lipinski definition) is 11. The fourth-order valence-electron chi connectivity index (χ4n) is 6.32. The number of thiazole rings is 1. The molecule has 3 aliphatic heterocycles. The summed E-state index contributed by atoms with van der Waals surface area (Å²) >= 11 is 15.4. The number of carbonyl (C=O) groups is 2. The lowest BCUT2D eigenvalue weighted by atomic mass is 9.85. The van der Waals surface area contributed by atoms with Crippen molar-refractivity contribution >= 4 is 63.1 Å². The van der Waals surface area contributed by atoms with Gasteiger partial charge in [-0.15, -0.1) is 22.7 Å². The molecule has 3 aliphatic rings. The molecule has 11 nitrogen and oxygen atoms in total. The number of carbonyl (C=O) groups excluding carboxylic acids is 2. The lowest BCUT2D eigenvalue weighted by Gasteiger charge is -2.44. The zero-order valence-corrected chi connectivity index (χ0v) is 28.7. The van der Waals surface area contributed by atoms with Crippen LogP contribution >= 0.6 is 45.9 Å². The Labute approximate surface area is 289 Å². The minimum atomic E-state index is -1.36. The molecular formula is C32H32Cl2N4O7S2. The van der Waals surface area contributed by atoms with Crippen LogP contribution in [0.15, 0.2) is 48.2 Å². The maximum atomic E-state index is 13.7. The van der Waals surface area contributed by atoms with Crippen molar-refractivity contribution in [3.8, 4) is 11.5 Å². The Kier molecular flexibility index (Phi) is 10.1. The number of carboxylic acid groups (broad SMARTS) is 1. The number of fused-ring (bicyclic) bond motifs is 3. The van der Waals surface area contributed by atoms with Crippen LogP contribution in [0.2, 0.25) is 10.0 Å². The van der Waals surface area contributed by atoms with E-state index in [0.717, 1.165) is 42.0 Å². The Morgan fingerprint density at radius 3 is 2.47 bits per heavy atom. The number of halogens is 2. The minimum absolute atomic E-state index is 0.00923. The molecule has 0 radical (unpaired) electrons. The number of benzene rings is 1. The number of aromatic nitrogens is 2. The maximum Gasteiger partial charge on any atom is 0.416 e. The molecule has 0 unspecified atom stereocenters. The van der Waals surface area contributed by atoms with E-state index in [4.69, 9.17) is 37.4 Å². The quantitative estimate of drug-likeness (QED) is 0.168. The second-order valence-electron chi connectivity index (χ2n) is 11.4. The van der Waals surface area contributed by atoms with Crippen LogP contribution in [-0.4, -0.2) is 67.1 Å².